The molecule has 1 saturated heterocycles. The van der Waals surface area contributed by atoms with E-state index in [0.717, 1.165) is 18.9 Å². The number of hydrogen-bond donors (Lipinski definition) is 0. The number of hydrogen-bond acceptors (Lipinski definition) is 4. The van der Waals surface area contributed by atoms with Crippen LogP contribution in [0, 0.1) is 0 Å². The van der Waals surface area contributed by atoms with Gasteiger partial charge in [0.1, 0.15) is 0 Å². The van der Waals surface area contributed by atoms with Crippen molar-refractivity contribution in [3.8, 4) is 0 Å². The predicted molar refractivity (Wildman–Crippen MR) is 58.1 cm³/mol. The predicted octanol–water partition coefficient (Wildman–Crippen LogP) is -0.729. The van der Waals surface area contributed by atoms with Crippen LogP contribution in [0.3, 0.4) is 0 Å². The van der Waals surface area contributed by atoms with Crippen molar-refractivity contribution in [3.63, 3.8) is 0 Å². The largest absolute Gasteiger partial charge is 0.414 e. The lowest BCUT2D eigenvalue weighted by Gasteiger charge is -2.08. The molecule has 1 unspecified atom stereocenters. The van der Waals surface area contributed by atoms with Gasteiger partial charge in [-0.25, -0.2) is 0 Å². The molecule has 0 aromatic carbocycles. The van der Waals surface area contributed by atoms with E-state index in [-0.39, 0.29) is 9.28 Å². The molecule has 0 spiro atoms. The molecule has 9 heteroatoms. The molecule has 0 aromatic rings. The van der Waals surface area contributed by atoms with Gasteiger partial charge in [-0.3, -0.25) is 0 Å². The molecule has 1 rings (SSSR count). The Morgan fingerprint density at radius 2 is 2.00 bits per heavy atom. The molecule has 1 aliphatic heterocycles. The zero-order valence-corrected chi connectivity index (χ0v) is 13.2. The fraction of sp³-hybridized carbons (Fsp3) is 1.00. The molecule has 4 nitrogen and oxygen atoms in total. The van der Waals surface area contributed by atoms with Crippen LogP contribution in [0.15, 0.2) is 0 Å². The van der Waals surface area contributed by atoms with Crippen molar-refractivity contribution in [2.45, 2.75) is 25.4 Å². The SMILES string of the molecule is C[SiH]1CCCCO[Si][Si](=O)[Si](=O)[Si]1=O. The van der Waals surface area contributed by atoms with E-state index in [9.17, 15) is 13.4 Å². The Kier molecular flexibility index (Phi) is 5.47. The minimum absolute atomic E-state index is 0.161. The molecular weight excluding hydrogens is 264 g/mol. The standard InChI is InChI=1S/C5H12O4Si5/c1-11-5-3-2-4-9-10-12(6)14(8)13(11)7/h11H,2-5H2,1H3. The van der Waals surface area contributed by atoms with Gasteiger partial charge in [0.15, 0.2) is 0 Å². The Labute approximate surface area is 90.7 Å². The highest BCUT2D eigenvalue weighted by Crippen LogP contribution is 2.03. The molecule has 0 amide bonds. The van der Waals surface area contributed by atoms with E-state index in [1.54, 1.807) is 0 Å². The molecular formula is C5H12O4Si5. The summed E-state index contributed by atoms with van der Waals surface area (Å²) in [6, 6.07) is 0.954. The molecule has 2 radical (unpaired) electrons. The highest BCUT2D eigenvalue weighted by atomic mass is 29.9. The molecule has 76 valence electrons. The molecule has 0 aromatic heterocycles. The van der Waals surface area contributed by atoms with E-state index in [1.165, 1.54) is 0 Å². The first-order chi connectivity index (χ1) is 6.63. The topological polar surface area (TPSA) is 60.4 Å². The van der Waals surface area contributed by atoms with Crippen LogP contribution in [-0.4, -0.2) is 47.4 Å². The maximum Gasteiger partial charge on any atom is 0.367 e. The van der Waals surface area contributed by atoms with Crippen LogP contribution in [0.5, 0.6) is 0 Å². The fourth-order valence-corrected chi connectivity index (χ4v) is 35.6. The Hall–Kier alpha value is 0.444. The van der Waals surface area contributed by atoms with Gasteiger partial charge in [-0.2, -0.15) is 0 Å². The van der Waals surface area contributed by atoms with Crippen LogP contribution in [0.25, 0.3) is 0 Å². The Bertz CT molecular complexity index is 267. The molecule has 1 aliphatic rings. The smallest absolute Gasteiger partial charge is 0.367 e. The van der Waals surface area contributed by atoms with Crippen LogP contribution in [0.1, 0.15) is 12.8 Å². The Morgan fingerprint density at radius 3 is 2.71 bits per heavy atom. The van der Waals surface area contributed by atoms with Gasteiger partial charge in [0, 0.05) is 6.61 Å². The van der Waals surface area contributed by atoms with Gasteiger partial charge in [0.25, 0.3) is 9.28 Å². The summed E-state index contributed by atoms with van der Waals surface area (Å²) >= 11 is 0. The van der Waals surface area contributed by atoms with Crippen LogP contribution >= 0.6 is 0 Å². The van der Waals surface area contributed by atoms with Gasteiger partial charge in [-0.15, -0.1) is 0 Å². The highest BCUT2D eigenvalue weighted by molar-refractivity contribution is 7.60. The summed E-state index contributed by atoms with van der Waals surface area (Å²) in [4.78, 5) is 0. The molecule has 0 N–H and O–H groups in total. The van der Waals surface area contributed by atoms with Crippen molar-refractivity contribution in [3.05, 3.63) is 0 Å². The van der Waals surface area contributed by atoms with E-state index in [4.69, 9.17) is 4.43 Å². The van der Waals surface area contributed by atoms with Gasteiger partial charge in [0.2, 0.25) is 0 Å². The lowest BCUT2D eigenvalue weighted by atomic mass is 10.4. The van der Waals surface area contributed by atoms with Crippen molar-refractivity contribution in [2.24, 2.45) is 0 Å². The average molecular weight is 277 g/mol. The second-order valence-electron chi connectivity index (χ2n) is 3.37. The monoisotopic (exact) mass is 276 g/mol. The van der Waals surface area contributed by atoms with Gasteiger partial charge in [0.05, 0.1) is 8.31 Å². The summed E-state index contributed by atoms with van der Waals surface area (Å²) in [6.45, 7) is 2.61. The minimum Gasteiger partial charge on any atom is -0.414 e. The second-order valence-corrected chi connectivity index (χ2v) is 25.1. The second kappa shape index (κ2) is 6.12. The summed E-state index contributed by atoms with van der Waals surface area (Å²) in [5.74, 6) is 0. The van der Waals surface area contributed by atoms with Crippen LogP contribution in [-0.2, 0) is 17.8 Å². The van der Waals surface area contributed by atoms with Gasteiger partial charge in [-0.1, -0.05) is 19.0 Å². The Balaban J connectivity index is 2.67. The van der Waals surface area contributed by atoms with E-state index in [2.05, 4.69) is 0 Å². The first-order valence-corrected chi connectivity index (χ1v) is 16.5. The third kappa shape index (κ3) is 3.54. The van der Waals surface area contributed by atoms with Gasteiger partial charge in [-0.05, 0) is 6.42 Å². The summed E-state index contributed by atoms with van der Waals surface area (Å²) in [7, 11) is -8.00. The van der Waals surface area contributed by atoms with E-state index < -0.39 is 31.5 Å². The molecule has 1 fully saturated rings. The summed E-state index contributed by atoms with van der Waals surface area (Å²) in [5.41, 5.74) is 0. The van der Waals surface area contributed by atoms with Crippen molar-refractivity contribution >= 4 is 40.7 Å². The lowest BCUT2D eigenvalue weighted by molar-refractivity contribution is 0.333. The van der Waals surface area contributed by atoms with Gasteiger partial charge < -0.3 is 17.8 Å². The average Bonchev–Trinajstić information content (AvgIpc) is 2.19. The Morgan fingerprint density at radius 1 is 1.29 bits per heavy atom. The van der Waals surface area contributed by atoms with Crippen molar-refractivity contribution in [1.82, 2.24) is 0 Å². The van der Waals surface area contributed by atoms with Crippen molar-refractivity contribution < 1.29 is 17.8 Å². The molecule has 0 bridgehead atoms. The zero-order chi connectivity index (χ0) is 10.6. The van der Waals surface area contributed by atoms with Crippen LogP contribution < -0.4 is 0 Å². The first kappa shape index (κ1) is 12.5. The van der Waals surface area contributed by atoms with E-state index in [1.807, 2.05) is 6.55 Å². The lowest BCUT2D eigenvalue weighted by Crippen LogP contribution is -2.44. The first-order valence-electron chi connectivity index (χ1n) is 4.63. The van der Waals surface area contributed by atoms with Crippen LogP contribution in [0.4, 0.5) is 0 Å². The fourth-order valence-electron chi connectivity index (χ4n) is 1.25. The quantitative estimate of drug-likeness (QED) is 0.548. The third-order valence-electron chi connectivity index (χ3n) is 2.18. The van der Waals surface area contributed by atoms with E-state index >= 15 is 0 Å². The van der Waals surface area contributed by atoms with E-state index in [0.29, 0.717) is 6.61 Å². The number of rotatable bonds is 0. The summed E-state index contributed by atoms with van der Waals surface area (Å²) in [6.07, 6.45) is 1.97. The van der Waals surface area contributed by atoms with Crippen LogP contribution in [0.2, 0.25) is 12.6 Å². The highest BCUT2D eigenvalue weighted by Gasteiger charge is 2.35. The van der Waals surface area contributed by atoms with Gasteiger partial charge >= 0.3 is 23.2 Å². The zero-order valence-electron chi connectivity index (χ0n) is 8.04. The molecule has 0 aliphatic carbocycles. The maximum atomic E-state index is 11.7. The normalized spacial score (nSPS) is 26.4. The summed E-state index contributed by atoms with van der Waals surface area (Å²) < 4.78 is 39.9. The molecule has 1 heterocycles. The maximum absolute atomic E-state index is 11.7. The summed E-state index contributed by atoms with van der Waals surface area (Å²) in [5, 5.41) is 0. The molecule has 1 atom stereocenters. The third-order valence-corrected chi connectivity index (χ3v) is 31.7. The minimum atomic E-state index is -2.30. The van der Waals surface area contributed by atoms with Crippen molar-refractivity contribution in [2.75, 3.05) is 6.61 Å². The molecule has 14 heavy (non-hydrogen) atoms. The van der Waals surface area contributed by atoms with Crippen molar-refractivity contribution in [1.29, 1.82) is 0 Å². The molecule has 0 saturated carbocycles.